The number of alkyl halides is 3. The van der Waals surface area contributed by atoms with Crippen LogP contribution in [0.2, 0.25) is 0 Å². The summed E-state index contributed by atoms with van der Waals surface area (Å²) in [5.41, 5.74) is 2.05. The van der Waals surface area contributed by atoms with E-state index >= 15 is 0 Å². The SMILES string of the molecule is FC(F)(F)c1ccc(-c2cc(C3CC3)ccn2)cc1. The Morgan fingerprint density at radius 2 is 1.68 bits per heavy atom. The molecule has 4 heteroatoms. The van der Waals surface area contributed by atoms with Crippen LogP contribution >= 0.6 is 0 Å². The van der Waals surface area contributed by atoms with Crippen LogP contribution in [-0.4, -0.2) is 4.98 Å². The lowest BCUT2D eigenvalue weighted by molar-refractivity contribution is -0.137. The third-order valence-electron chi connectivity index (χ3n) is 3.34. The van der Waals surface area contributed by atoms with E-state index in [9.17, 15) is 13.2 Å². The number of hydrogen-bond acceptors (Lipinski definition) is 1. The van der Waals surface area contributed by atoms with Crippen LogP contribution in [0.1, 0.15) is 29.9 Å². The molecule has 0 unspecified atom stereocenters. The second-order valence-electron chi connectivity index (χ2n) is 4.82. The van der Waals surface area contributed by atoms with Crippen LogP contribution in [0.25, 0.3) is 11.3 Å². The molecular weight excluding hydrogens is 251 g/mol. The molecule has 98 valence electrons. The number of nitrogens with zero attached hydrogens (tertiary/aromatic N) is 1. The van der Waals surface area contributed by atoms with Crippen molar-refractivity contribution in [1.29, 1.82) is 0 Å². The summed E-state index contributed by atoms with van der Waals surface area (Å²) in [4.78, 5) is 4.23. The molecule has 1 aliphatic carbocycles. The second kappa shape index (κ2) is 4.37. The maximum atomic E-state index is 12.5. The molecule has 1 nitrogen and oxygen atoms in total. The van der Waals surface area contributed by atoms with Crippen molar-refractivity contribution in [3.05, 3.63) is 53.7 Å². The van der Waals surface area contributed by atoms with Crippen LogP contribution in [0.4, 0.5) is 13.2 Å². The minimum atomic E-state index is -4.29. The van der Waals surface area contributed by atoms with E-state index in [4.69, 9.17) is 0 Å². The van der Waals surface area contributed by atoms with Crippen molar-refractivity contribution in [3.63, 3.8) is 0 Å². The topological polar surface area (TPSA) is 12.9 Å². The zero-order valence-corrected chi connectivity index (χ0v) is 10.1. The first-order valence-corrected chi connectivity index (χ1v) is 6.17. The predicted molar refractivity (Wildman–Crippen MR) is 66.7 cm³/mol. The summed E-state index contributed by atoms with van der Waals surface area (Å²) in [6, 6.07) is 9.09. The van der Waals surface area contributed by atoms with Crippen molar-refractivity contribution in [2.24, 2.45) is 0 Å². The van der Waals surface area contributed by atoms with Gasteiger partial charge in [-0.3, -0.25) is 4.98 Å². The van der Waals surface area contributed by atoms with Gasteiger partial charge in [0.05, 0.1) is 11.3 Å². The predicted octanol–water partition coefficient (Wildman–Crippen LogP) is 4.64. The molecule has 1 aromatic heterocycles. The molecule has 0 atom stereocenters. The summed E-state index contributed by atoms with van der Waals surface area (Å²) in [5.74, 6) is 0.608. The highest BCUT2D eigenvalue weighted by Gasteiger charge is 2.30. The van der Waals surface area contributed by atoms with Crippen LogP contribution in [0, 0.1) is 0 Å². The van der Waals surface area contributed by atoms with E-state index in [0.29, 0.717) is 5.92 Å². The fourth-order valence-electron chi connectivity index (χ4n) is 2.11. The van der Waals surface area contributed by atoms with Crippen molar-refractivity contribution in [2.75, 3.05) is 0 Å². The molecule has 1 heterocycles. The number of benzene rings is 1. The van der Waals surface area contributed by atoms with Crippen molar-refractivity contribution in [3.8, 4) is 11.3 Å². The van der Waals surface area contributed by atoms with Gasteiger partial charge in [0.1, 0.15) is 0 Å². The minimum absolute atomic E-state index is 0.608. The molecule has 19 heavy (non-hydrogen) atoms. The van der Waals surface area contributed by atoms with Gasteiger partial charge in [0.2, 0.25) is 0 Å². The van der Waals surface area contributed by atoms with Crippen molar-refractivity contribution < 1.29 is 13.2 Å². The molecule has 1 aliphatic rings. The molecule has 0 bridgehead atoms. The average Bonchev–Trinajstić information content (AvgIpc) is 3.22. The van der Waals surface area contributed by atoms with Gasteiger partial charge in [-0.05, 0) is 48.6 Å². The van der Waals surface area contributed by atoms with Gasteiger partial charge in [-0.2, -0.15) is 13.2 Å². The number of pyridine rings is 1. The molecule has 1 aromatic carbocycles. The second-order valence-corrected chi connectivity index (χ2v) is 4.82. The van der Waals surface area contributed by atoms with E-state index < -0.39 is 11.7 Å². The van der Waals surface area contributed by atoms with E-state index in [0.717, 1.165) is 23.4 Å². The fourth-order valence-corrected chi connectivity index (χ4v) is 2.11. The normalized spacial score (nSPS) is 15.5. The third kappa shape index (κ3) is 2.62. The summed E-state index contributed by atoms with van der Waals surface area (Å²) in [5, 5.41) is 0. The lowest BCUT2D eigenvalue weighted by Crippen LogP contribution is -2.04. The van der Waals surface area contributed by atoms with E-state index in [1.807, 2.05) is 12.1 Å². The van der Waals surface area contributed by atoms with Gasteiger partial charge >= 0.3 is 6.18 Å². The number of hydrogen-bond donors (Lipinski definition) is 0. The average molecular weight is 263 g/mol. The van der Waals surface area contributed by atoms with Crippen molar-refractivity contribution >= 4 is 0 Å². The molecule has 0 aliphatic heterocycles. The van der Waals surface area contributed by atoms with E-state index in [2.05, 4.69) is 4.98 Å². The maximum Gasteiger partial charge on any atom is 0.416 e. The molecule has 0 amide bonds. The zero-order valence-electron chi connectivity index (χ0n) is 10.1. The molecule has 1 saturated carbocycles. The Bertz CT molecular complexity index is 583. The highest BCUT2D eigenvalue weighted by Crippen LogP contribution is 2.40. The summed E-state index contributed by atoms with van der Waals surface area (Å²) in [7, 11) is 0. The van der Waals surface area contributed by atoms with Crippen LogP contribution in [-0.2, 0) is 6.18 Å². The maximum absolute atomic E-state index is 12.5. The molecular formula is C15H12F3N. The van der Waals surface area contributed by atoms with Gasteiger partial charge < -0.3 is 0 Å². The molecule has 0 radical (unpaired) electrons. The monoisotopic (exact) mass is 263 g/mol. The Morgan fingerprint density at radius 3 is 2.26 bits per heavy atom. The highest BCUT2D eigenvalue weighted by molar-refractivity contribution is 5.60. The largest absolute Gasteiger partial charge is 0.416 e. The molecule has 3 rings (SSSR count). The van der Waals surface area contributed by atoms with E-state index in [-0.39, 0.29) is 0 Å². The first kappa shape index (κ1) is 12.2. The third-order valence-corrected chi connectivity index (χ3v) is 3.34. The molecule has 2 aromatic rings. The van der Waals surface area contributed by atoms with Crippen molar-refractivity contribution in [1.82, 2.24) is 4.98 Å². The van der Waals surface area contributed by atoms with Gasteiger partial charge in [-0.15, -0.1) is 0 Å². The van der Waals surface area contributed by atoms with Crippen LogP contribution < -0.4 is 0 Å². The number of rotatable bonds is 2. The van der Waals surface area contributed by atoms with Gasteiger partial charge in [0.15, 0.2) is 0 Å². The Hall–Kier alpha value is -1.84. The Labute approximate surface area is 109 Å². The fraction of sp³-hybridized carbons (Fsp3) is 0.267. The van der Waals surface area contributed by atoms with Crippen LogP contribution in [0.3, 0.4) is 0 Å². The van der Waals surface area contributed by atoms with Gasteiger partial charge in [-0.25, -0.2) is 0 Å². The standard InChI is InChI=1S/C15H12F3N/c16-15(17,18)13-5-3-11(4-6-13)14-9-12(7-8-19-14)10-1-2-10/h3-10H,1-2H2. The zero-order chi connectivity index (χ0) is 13.5. The Balaban J connectivity index is 1.91. The number of halogens is 3. The van der Waals surface area contributed by atoms with E-state index in [1.165, 1.54) is 30.5 Å². The lowest BCUT2D eigenvalue weighted by Gasteiger charge is -2.08. The smallest absolute Gasteiger partial charge is 0.256 e. The minimum Gasteiger partial charge on any atom is -0.256 e. The van der Waals surface area contributed by atoms with Crippen molar-refractivity contribution in [2.45, 2.75) is 24.9 Å². The Morgan fingerprint density at radius 1 is 1.00 bits per heavy atom. The Kier molecular flexibility index (Phi) is 2.81. The molecule has 0 N–H and O–H groups in total. The molecule has 0 saturated heterocycles. The highest BCUT2D eigenvalue weighted by atomic mass is 19.4. The summed E-state index contributed by atoms with van der Waals surface area (Å²) in [6.07, 6.45) is -0.185. The first-order valence-electron chi connectivity index (χ1n) is 6.17. The molecule has 0 spiro atoms. The summed E-state index contributed by atoms with van der Waals surface area (Å²) >= 11 is 0. The van der Waals surface area contributed by atoms with Gasteiger partial charge in [-0.1, -0.05) is 12.1 Å². The van der Waals surface area contributed by atoms with Gasteiger partial charge in [0.25, 0.3) is 0 Å². The van der Waals surface area contributed by atoms with Gasteiger partial charge in [0, 0.05) is 11.8 Å². The lowest BCUT2D eigenvalue weighted by atomic mass is 10.1. The van der Waals surface area contributed by atoms with E-state index in [1.54, 1.807) is 6.20 Å². The van der Waals surface area contributed by atoms with Crippen LogP contribution in [0.15, 0.2) is 42.6 Å². The first-order chi connectivity index (χ1) is 9.04. The molecule has 1 fully saturated rings. The van der Waals surface area contributed by atoms with Crippen LogP contribution in [0.5, 0.6) is 0 Å². The number of aromatic nitrogens is 1. The summed E-state index contributed by atoms with van der Waals surface area (Å²) < 4.78 is 37.5. The summed E-state index contributed by atoms with van der Waals surface area (Å²) in [6.45, 7) is 0. The quantitative estimate of drug-likeness (QED) is 0.768.